The van der Waals surface area contributed by atoms with Crippen molar-refractivity contribution in [1.82, 2.24) is 14.9 Å². The minimum absolute atomic E-state index is 0.562. The molecule has 2 aromatic heterocycles. The van der Waals surface area contributed by atoms with Gasteiger partial charge in [0.1, 0.15) is 23.3 Å². The Labute approximate surface area is 110 Å². The van der Waals surface area contributed by atoms with Gasteiger partial charge in [0.05, 0.1) is 0 Å². The molecular weight excluding hydrogens is 240 g/mol. The van der Waals surface area contributed by atoms with Crippen molar-refractivity contribution in [3.05, 3.63) is 30.6 Å². The average Bonchev–Trinajstić information content (AvgIpc) is 2.78. The zero-order valence-electron chi connectivity index (χ0n) is 11.1. The molecule has 5 nitrogen and oxygen atoms in total. The molecule has 96 valence electrons. The third-order valence-electron chi connectivity index (χ3n) is 3.05. The van der Waals surface area contributed by atoms with Crippen LogP contribution in [0.25, 0.3) is 22.1 Å². The molecule has 3 aromatic rings. The molecule has 2 heterocycles. The first-order valence-electron chi connectivity index (χ1n) is 6.01. The summed E-state index contributed by atoms with van der Waals surface area (Å²) in [6, 6.07) is 7.81. The van der Waals surface area contributed by atoms with E-state index in [0.717, 1.165) is 22.3 Å². The summed E-state index contributed by atoms with van der Waals surface area (Å²) < 4.78 is 5.81. The minimum atomic E-state index is 0.562. The quantitative estimate of drug-likeness (QED) is 0.495. The van der Waals surface area contributed by atoms with Gasteiger partial charge in [-0.1, -0.05) is 12.1 Å². The molecule has 0 unspecified atom stereocenters. The highest BCUT2D eigenvalue weighted by molar-refractivity contribution is 6.05. The van der Waals surface area contributed by atoms with E-state index in [1.54, 1.807) is 0 Å². The molecule has 0 bridgehead atoms. The van der Waals surface area contributed by atoms with E-state index in [4.69, 9.17) is 4.42 Å². The van der Waals surface area contributed by atoms with Crippen LogP contribution in [0.4, 0.5) is 5.82 Å². The van der Waals surface area contributed by atoms with Gasteiger partial charge >= 0.3 is 0 Å². The van der Waals surface area contributed by atoms with Crippen molar-refractivity contribution in [2.45, 2.75) is 6.92 Å². The van der Waals surface area contributed by atoms with E-state index in [1.165, 1.54) is 6.33 Å². The third kappa shape index (κ3) is 1.93. The number of hydrogen-bond donors (Lipinski definition) is 0. The lowest BCUT2D eigenvalue weighted by atomic mass is 10.2. The summed E-state index contributed by atoms with van der Waals surface area (Å²) in [5.74, 6) is 1.42. The number of amidine groups is 1. The lowest BCUT2D eigenvalue weighted by Crippen LogP contribution is -2.17. The van der Waals surface area contributed by atoms with Crippen molar-refractivity contribution in [3.63, 3.8) is 0 Å². The predicted octanol–water partition coefficient (Wildman–Crippen LogP) is 2.99. The Morgan fingerprint density at radius 1 is 1.21 bits per heavy atom. The number of rotatable bonds is 1. The molecule has 0 amide bonds. The maximum atomic E-state index is 5.81. The molecule has 0 aliphatic rings. The Hall–Kier alpha value is -2.43. The number of para-hydroxylation sites is 1. The number of aromatic nitrogens is 2. The average molecular weight is 254 g/mol. The molecule has 0 spiro atoms. The maximum Gasteiger partial charge on any atom is 0.201 e. The van der Waals surface area contributed by atoms with Crippen molar-refractivity contribution in [3.8, 4) is 0 Å². The van der Waals surface area contributed by atoms with Crippen LogP contribution in [0.15, 0.2) is 40.0 Å². The fraction of sp³-hybridized carbons (Fsp3) is 0.214. The number of benzene rings is 1. The summed E-state index contributed by atoms with van der Waals surface area (Å²) in [5, 5.41) is 0.985. The van der Waals surface area contributed by atoms with Gasteiger partial charge in [0.2, 0.25) is 5.82 Å². The molecule has 0 fully saturated rings. The Kier molecular flexibility index (Phi) is 2.67. The van der Waals surface area contributed by atoms with E-state index in [1.807, 2.05) is 50.2 Å². The van der Waals surface area contributed by atoms with Crippen molar-refractivity contribution >= 4 is 33.7 Å². The van der Waals surface area contributed by atoms with Gasteiger partial charge in [0.15, 0.2) is 5.58 Å². The van der Waals surface area contributed by atoms with Crippen molar-refractivity contribution in [2.24, 2.45) is 4.99 Å². The van der Waals surface area contributed by atoms with E-state index in [-0.39, 0.29) is 0 Å². The highest BCUT2D eigenvalue weighted by Crippen LogP contribution is 2.31. The predicted molar refractivity (Wildman–Crippen MR) is 75.8 cm³/mol. The molecule has 0 aliphatic carbocycles. The van der Waals surface area contributed by atoms with Gasteiger partial charge in [0.25, 0.3) is 0 Å². The summed E-state index contributed by atoms with van der Waals surface area (Å²) >= 11 is 0. The van der Waals surface area contributed by atoms with Crippen molar-refractivity contribution in [1.29, 1.82) is 0 Å². The first-order valence-corrected chi connectivity index (χ1v) is 6.01. The van der Waals surface area contributed by atoms with Gasteiger partial charge in [-0.15, -0.1) is 0 Å². The monoisotopic (exact) mass is 254 g/mol. The van der Waals surface area contributed by atoms with Crippen LogP contribution in [-0.4, -0.2) is 34.8 Å². The van der Waals surface area contributed by atoms with Gasteiger partial charge in [-0.2, -0.15) is 0 Å². The number of furan rings is 1. The van der Waals surface area contributed by atoms with E-state index in [2.05, 4.69) is 15.0 Å². The lowest BCUT2D eigenvalue weighted by Gasteiger charge is -2.10. The van der Waals surface area contributed by atoms with Gasteiger partial charge in [-0.05, 0) is 19.1 Å². The van der Waals surface area contributed by atoms with E-state index in [0.29, 0.717) is 11.4 Å². The van der Waals surface area contributed by atoms with Crippen LogP contribution in [0, 0.1) is 0 Å². The molecule has 19 heavy (non-hydrogen) atoms. The Bertz CT molecular complexity index is 773. The summed E-state index contributed by atoms with van der Waals surface area (Å²) in [5.41, 5.74) is 2.23. The van der Waals surface area contributed by atoms with Gasteiger partial charge < -0.3 is 9.32 Å². The second-order valence-electron chi connectivity index (χ2n) is 4.53. The molecule has 0 aliphatic heterocycles. The van der Waals surface area contributed by atoms with Crippen LogP contribution < -0.4 is 0 Å². The SMILES string of the molecule is CC(=Nc1ncnc2c1oc1ccccc12)N(C)C. The van der Waals surface area contributed by atoms with Crippen LogP contribution in [0.2, 0.25) is 0 Å². The second kappa shape index (κ2) is 4.35. The lowest BCUT2D eigenvalue weighted by molar-refractivity contribution is 0.617. The highest BCUT2D eigenvalue weighted by Gasteiger charge is 2.12. The van der Waals surface area contributed by atoms with Crippen molar-refractivity contribution in [2.75, 3.05) is 14.1 Å². The molecule has 0 atom stereocenters. The number of aliphatic imine (C=N–C) groups is 1. The van der Waals surface area contributed by atoms with E-state index < -0.39 is 0 Å². The first kappa shape index (κ1) is 11.6. The molecule has 0 saturated heterocycles. The molecule has 3 rings (SSSR count). The van der Waals surface area contributed by atoms with Gasteiger partial charge in [0, 0.05) is 19.5 Å². The number of hydrogen-bond acceptors (Lipinski definition) is 4. The van der Waals surface area contributed by atoms with Crippen LogP contribution in [0.1, 0.15) is 6.92 Å². The van der Waals surface area contributed by atoms with Crippen LogP contribution in [0.3, 0.4) is 0 Å². The third-order valence-corrected chi connectivity index (χ3v) is 3.05. The number of fused-ring (bicyclic) bond motifs is 3. The molecular formula is C14H14N4O. The Morgan fingerprint density at radius 3 is 2.79 bits per heavy atom. The molecule has 0 saturated carbocycles. The molecule has 1 aromatic carbocycles. The normalized spacial score (nSPS) is 12.3. The molecule has 0 N–H and O–H groups in total. The summed E-state index contributed by atoms with van der Waals surface area (Å²) in [4.78, 5) is 14.9. The van der Waals surface area contributed by atoms with E-state index >= 15 is 0 Å². The first-order chi connectivity index (χ1) is 9.16. The largest absolute Gasteiger partial charge is 0.450 e. The number of nitrogens with zero attached hydrogens (tertiary/aromatic N) is 4. The second-order valence-corrected chi connectivity index (χ2v) is 4.53. The Balaban J connectivity index is 2.29. The topological polar surface area (TPSA) is 54.5 Å². The fourth-order valence-corrected chi connectivity index (χ4v) is 1.84. The van der Waals surface area contributed by atoms with Gasteiger partial charge in [-0.25, -0.2) is 15.0 Å². The maximum absolute atomic E-state index is 5.81. The van der Waals surface area contributed by atoms with Crippen LogP contribution in [0.5, 0.6) is 0 Å². The molecule has 5 heteroatoms. The van der Waals surface area contributed by atoms with E-state index in [9.17, 15) is 0 Å². The standard InChI is InChI=1S/C14H14N4O/c1-9(18(2)3)17-14-13-12(15-8-16-14)10-6-4-5-7-11(10)19-13/h4-8H,1-3H3. The molecule has 0 radical (unpaired) electrons. The minimum Gasteiger partial charge on any atom is -0.450 e. The summed E-state index contributed by atoms with van der Waals surface area (Å²) in [6.07, 6.45) is 1.52. The smallest absolute Gasteiger partial charge is 0.201 e. The Morgan fingerprint density at radius 2 is 2.00 bits per heavy atom. The summed E-state index contributed by atoms with van der Waals surface area (Å²) in [6.45, 7) is 1.93. The van der Waals surface area contributed by atoms with Crippen LogP contribution >= 0.6 is 0 Å². The van der Waals surface area contributed by atoms with Gasteiger partial charge in [-0.3, -0.25) is 0 Å². The summed E-state index contributed by atoms with van der Waals surface area (Å²) in [7, 11) is 3.88. The highest BCUT2D eigenvalue weighted by atomic mass is 16.3. The fourth-order valence-electron chi connectivity index (χ4n) is 1.84. The zero-order valence-corrected chi connectivity index (χ0v) is 11.1. The zero-order chi connectivity index (χ0) is 13.4. The van der Waals surface area contributed by atoms with Crippen LogP contribution in [-0.2, 0) is 0 Å². The van der Waals surface area contributed by atoms with Crippen molar-refractivity contribution < 1.29 is 4.42 Å².